The first-order valence-electron chi connectivity index (χ1n) is 8.99. The van der Waals surface area contributed by atoms with Gasteiger partial charge in [0, 0.05) is 43.6 Å². The Labute approximate surface area is 153 Å². The first-order valence-corrected chi connectivity index (χ1v) is 8.99. The van der Waals surface area contributed by atoms with Crippen LogP contribution < -0.4 is 4.74 Å². The van der Waals surface area contributed by atoms with Gasteiger partial charge in [-0.05, 0) is 50.2 Å². The lowest BCUT2D eigenvalue weighted by molar-refractivity contribution is -0.132. The quantitative estimate of drug-likeness (QED) is 0.895. The minimum absolute atomic E-state index is 0.00226. The third-order valence-corrected chi connectivity index (χ3v) is 4.40. The van der Waals surface area contributed by atoms with E-state index in [2.05, 4.69) is 4.98 Å². The van der Waals surface area contributed by atoms with Gasteiger partial charge in [0.15, 0.2) is 0 Å². The molecule has 0 aliphatic carbocycles. The predicted molar refractivity (Wildman–Crippen MR) is 99.2 cm³/mol. The summed E-state index contributed by atoms with van der Waals surface area (Å²) in [5, 5.41) is 0. The van der Waals surface area contributed by atoms with E-state index in [0.717, 1.165) is 11.4 Å². The van der Waals surface area contributed by atoms with E-state index in [9.17, 15) is 9.59 Å². The minimum atomic E-state index is -0.00226. The maximum Gasteiger partial charge on any atom is 0.253 e. The molecule has 3 rings (SSSR count). The number of hydrogen-bond donors (Lipinski definition) is 1. The fraction of sp³-hybridized carbons (Fsp3) is 0.400. The number of carbonyl (C=O) groups is 2. The number of ether oxygens (including phenoxy) is 1. The number of amides is 2. The van der Waals surface area contributed by atoms with Crippen LogP contribution in [0, 0.1) is 0 Å². The van der Waals surface area contributed by atoms with Crippen LogP contribution in [0.4, 0.5) is 0 Å². The van der Waals surface area contributed by atoms with Gasteiger partial charge in [-0.3, -0.25) is 9.59 Å². The molecule has 0 atom stereocenters. The molecule has 1 aliphatic rings. The topological polar surface area (TPSA) is 65.6 Å². The molecule has 2 amide bonds. The van der Waals surface area contributed by atoms with E-state index >= 15 is 0 Å². The zero-order chi connectivity index (χ0) is 18.5. The standard InChI is InChI=1S/C20H25N3O3/c1-15(2)26-18-7-5-16(6-8-18)20(25)23-12-10-22(11-13-23)19(24)14-17-4-3-9-21-17/h3-9,15,21H,10-14H2,1-2H3. The number of piperazine rings is 1. The zero-order valence-corrected chi connectivity index (χ0v) is 15.3. The number of rotatable bonds is 5. The molecule has 0 radical (unpaired) electrons. The van der Waals surface area contributed by atoms with Crippen LogP contribution in [0.3, 0.4) is 0 Å². The van der Waals surface area contributed by atoms with Crippen molar-refractivity contribution in [1.29, 1.82) is 0 Å². The van der Waals surface area contributed by atoms with E-state index in [1.54, 1.807) is 17.0 Å². The van der Waals surface area contributed by atoms with E-state index in [1.807, 2.05) is 49.2 Å². The molecule has 1 saturated heterocycles. The van der Waals surface area contributed by atoms with Gasteiger partial charge in [-0.1, -0.05) is 0 Å². The average molecular weight is 355 g/mol. The fourth-order valence-corrected chi connectivity index (χ4v) is 3.04. The third-order valence-electron chi connectivity index (χ3n) is 4.40. The maximum absolute atomic E-state index is 12.6. The Morgan fingerprint density at radius 1 is 1.04 bits per heavy atom. The Hall–Kier alpha value is -2.76. The fourth-order valence-electron chi connectivity index (χ4n) is 3.04. The van der Waals surface area contributed by atoms with Crippen molar-refractivity contribution in [1.82, 2.24) is 14.8 Å². The van der Waals surface area contributed by atoms with Crippen LogP contribution in [-0.4, -0.2) is 58.9 Å². The monoisotopic (exact) mass is 355 g/mol. The third kappa shape index (κ3) is 4.45. The summed E-state index contributed by atoms with van der Waals surface area (Å²) in [6, 6.07) is 11.0. The maximum atomic E-state index is 12.6. The lowest BCUT2D eigenvalue weighted by atomic mass is 10.1. The molecule has 138 valence electrons. The Morgan fingerprint density at radius 3 is 2.27 bits per heavy atom. The largest absolute Gasteiger partial charge is 0.491 e. The van der Waals surface area contributed by atoms with E-state index in [-0.39, 0.29) is 17.9 Å². The predicted octanol–water partition coefficient (Wildman–Crippen LogP) is 2.33. The van der Waals surface area contributed by atoms with Crippen LogP contribution in [0.15, 0.2) is 42.6 Å². The molecule has 1 aromatic heterocycles. The summed E-state index contributed by atoms with van der Waals surface area (Å²) in [6.45, 7) is 6.18. The van der Waals surface area contributed by atoms with Crippen molar-refractivity contribution in [2.45, 2.75) is 26.4 Å². The van der Waals surface area contributed by atoms with E-state index < -0.39 is 0 Å². The lowest BCUT2D eigenvalue weighted by Crippen LogP contribution is -2.51. The number of H-pyrrole nitrogens is 1. The number of nitrogens with one attached hydrogen (secondary N) is 1. The van der Waals surface area contributed by atoms with Crippen LogP contribution in [0.1, 0.15) is 29.9 Å². The van der Waals surface area contributed by atoms with Gasteiger partial charge in [-0.25, -0.2) is 0 Å². The molecule has 0 unspecified atom stereocenters. The molecule has 6 heteroatoms. The summed E-state index contributed by atoms with van der Waals surface area (Å²) in [7, 11) is 0. The van der Waals surface area contributed by atoms with Gasteiger partial charge in [0.25, 0.3) is 5.91 Å². The number of aromatic nitrogens is 1. The van der Waals surface area contributed by atoms with Crippen molar-refractivity contribution in [2.24, 2.45) is 0 Å². The zero-order valence-electron chi connectivity index (χ0n) is 15.3. The van der Waals surface area contributed by atoms with E-state index in [0.29, 0.717) is 38.2 Å². The summed E-state index contributed by atoms with van der Waals surface area (Å²) in [6.07, 6.45) is 2.29. The second kappa shape index (κ2) is 8.08. The van der Waals surface area contributed by atoms with E-state index in [1.165, 1.54) is 0 Å². The van der Waals surface area contributed by atoms with Crippen molar-refractivity contribution in [2.75, 3.05) is 26.2 Å². The molecule has 1 N–H and O–H groups in total. The summed E-state index contributed by atoms with van der Waals surface area (Å²) in [5.74, 6) is 0.851. The smallest absolute Gasteiger partial charge is 0.253 e. The molecule has 1 fully saturated rings. The van der Waals surface area contributed by atoms with Crippen LogP contribution in [-0.2, 0) is 11.2 Å². The Bertz CT molecular complexity index is 730. The highest BCUT2D eigenvalue weighted by molar-refractivity contribution is 5.94. The summed E-state index contributed by atoms with van der Waals surface area (Å²) in [4.78, 5) is 31.6. The molecule has 2 heterocycles. The molecular formula is C20H25N3O3. The Morgan fingerprint density at radius 2 is 1.69 bits per heavy atom. The van der Waals surface area contributed by atoms with Crippen LogP contribution in [0.5, 0.6) is 5.75 Å². The van der Waals surface area contributed by atoms with Crippen molar-refractivity contribution in [3.63, 3.8) is 0 Å². The minimum Gasteiger partial charge on any atom is -0.491 e. The highest BCUT2D eigenvalue weighted by Gasteiger charge is 2.25. The lowest BCUT2D eigenvalue weighted by Gasteiger charge is -2.34. The number of nitrogens with zero attached hydrogens (tertiary/aromatic N) is 2. The van der Waals surface area contributed by atoms with Crippen molar-refractivity contribution in [3.05, 3.63) is 53.9 Å². The van der Waals surface area contributed by atoms with Crippen LogP contribution in [0.2, 0.25) is 0 Å². The van der Waals surface area contributed by atoms with Gasteiger partial charge < -0.3 is 19.5 Å². The van der Waals surface area contributed by atoms with Crippen molar-refractivity contribution >= 4 is 11.8 Å². The van der Waals surface area contributed by atoms with E-state index in [4.69, 9.17) is 4.74 Å². The molecule has 1 aliphatic heterocycles. The van der Waals surface area contributed by atoms with Gasteiger partial charge in [0.1, 0.15) is 5.75 Å². The van der Waals surface area contributed by atoms with Crippen molar-refractivity contribution < 1.29 is 14.3 Å². The molecule has 0 bridgehead atoms. The molecule has 2 aromatic rings. The molecule has 26 heavy (non-hydrogen) atoms. The molecule has 6 nitrogen and oxygen atoms in total. The normalized spacial score (nSPS) is 14.6. The number of hydrogen-bond acceptors (Lipinski definition) is 3. The second-order valence-electron chi connectivity index (χ2n) is 6.74. The average Bonchev–Trinajstić information content (AvgIpc) is 3.14. The Kier molecular flexibility index (Phi) is 5.61. The SMILES string of the molecule is CC(C)Oc1ccc(C(=O)N2CCN(C(=O)Cc3ccc[nH]3)CC2)cc1. The first-order chi connectivity index (χ1) is 12.5. The second-order valence-corrected chi connectivity index (χ2v) is 6.74. The molecule has 0 saturated carbocycles. The van der Waals surface area contributed by atoms with Crippen LogP contribution in [0.25, 0.3) is 0 Å². The van der Waals surface area contributed by atoms with Gasteiger partial charge >= 0.3 is 0 Å². The van der Waals surface area contributed by atoms with Gasteiger partial charge in [-0.15, -0.1) is 0 Å². The summed E-state index contributed by atoms with van der Waals surface area (Å²) >= 11 is 0. The highest BCUT2D eigenvalue weighted by Crippen LogP contribution is 2.16. The number of benzene rings is 1. The van der Waals surface area contributed by atoms with Gasteiger partial charge in [-0.2, -0.15) is 0 Å². The highest BCUT2D eigenvalue weighted by atomic mass is 16.5. The molecule has 1 aromatic carbocycles. The first kappa shape index (κ1) is 18.0. The molecular weight excluding hydrogens is 330 g/mol. The van der Waals surface area contributed by atoms with Gasteiger partial charge in [0.2, 0.25) is 5.91 Å². The van der Waals surface area contributed by atoms with Crippen LogP contribution >= 0.6 is 0 Å². The Balaban J connectivity index is 1.52. The number of aromatic amines is 1. The summed E-state index contributed by atoms with van der Waals surface area (Å²) < 4.78 is 5.61. The van der Waals surface area contributed by atoms with Gasteiger partial charge in [0.05, 0.1) is 12.5 Å². The number of carbonyl (C=O) groups excluding carboxylic acids is 2. The molecule has 0 spiro atoms. The van der Waals surface area contributed by atoms with Crippen molar-refractivity contribution in [3.8, 4) is 5.75 Å². The summed E-state index contributed by atoms with van der Waals surface area (Å²) in [5.41, 5.74) is 1.56.